The molecule has 0 radical (unpaired) electrons. The summed E-state index contributed by atoms with van der Waals surface area (Å²) in [4.78, 5) is 13.2. The molecule has 30 heavy (non-hydrogen) atoms. The zero-order valence-corrected chi connectivity index (χ0v) is 17.0. The van der Waals surface area contributed by atoms with Gasteiger partial charge in [-0.1, -0.05) is 36.4 Å². The molecule has 0 aliphatic heterocycles. The van der Waals surface area contributed by atoms with E-state index in [4.69, 9.17) is 14.9 Å². The Morgan fingerprint density at radius 3 is 2.03 bits per heavy atom. The second-order valence-electron chi connectivity index (χ2n) is 7.13. The molecule has 0 aliphatic rings. The number of pyridine rings is 1. The third-order valence-electron chi connectivity index (χ3n) is 5.29. The van der Waals surface area contributed by atoms with Crippen molar-refractivity contribution < 1.29 is 18.8 Å². The largest absolute Gasteiger partial charge is 0.484 e. The summed E-state index contributed by atoms with van der Waals surface area (Å²) in [5, 5.41) is 9.29. The average molecular weight is 399 g/mol. The lowest BCUT2D eigenvalue weighted by atomic mass is 10.0. The Balaban J connectivity index is 1.66. The number of carbonyl (C=O) groups excluding carboxylic acids is 1. The van der Waals surface area contributed by atoms with Crippen molar-refractivity contribution in [2.24, 2.45) is 7.05 Å². The van der Waals surface area contributed by atoms with Gasteiger partial charge in [0.05, 0.1) is 23.4 Å². The van der Waals surface area contributed by atoms with Gasteiger partial charge in [-0.25, -0.2) is 4.79 Å². The van der Waals surface area contributed by atoms with Crippen molar-refractivity contribution in [3.8, 4) is 5.75 Å². The molecule has 4 aromatic rings. The number of methoxy groups -OCH3 is 1. The quantitative estimate of drug-likeness (QED) is 0.133. The summed E-state index contributed by atoms with van der Waals surface area (Å²) in [5.41, 5.74) is 3.56. The normalized spacial score (nSPS) is 10.9. The SMILES string of the molecule is COC(=N)CCc1ccc(OC(=O)c2c3ccccc3[n+](C)c3ccccc23)cc1. The van der Waals surface area contributed by atoms with Crippen molar-refractivity contribution in [2.75, 3.05) is 7.11 Å². The van der Waals surface area contributed by atoms with E-state index in [0.29, 0.717) is 24.2 Å². The van der Waals surface area contributed by atoms with Gasteiger partial charge in [0.25, 0.3) is 0 Å². The zero-order chi connectivity index (χ0) is 21.1. The van der Waals surface area contributed by atoms with E-state index in [1.807, 2.05) is 67.7 Å². The second-order valence-corrected chi connectivity index (χ2v) is 7.13. The molecule has 0 unspecified atom stereocenters. The highest BCUT2D eigenvalue weighted by molar-refractivity contribution is 6.13. The number of benzene rings is 3. The molecule has 0 aliphatic carbocycles. The Kier molecular flexibility index (Phi) is 5.44. The van der Waals surface area contributed by atoms with Gasteiger partial charge in [-0.2, -0.15) is 4.57 Å². The predicted octanol–water partition coefficient (Wildman–Crippen LogP) is 4.59. The van der Waals surface area contributed by atoms with Crippen LogP contribution in [0.2, 0.25) is 0 Å². The number of carbonyl (C=O) groups is 1. The minimum Gasteiger partial charge on any atom is -0.484 e. The lowest BCUT2D eigenvalue weighted by molar-refractivity contribution is -0.617. The van der Waals surface area contributed by atoms with Gasteiger partial charge >= 0.3 is 5.97 Å². The molecule has 0 saturated heterocycles. The first-order valence-corrected chi connectivity index (χ1v) is 9.80. The zero-order valence-electron chi connectivity index (χ0n) is 17.0. The fourth-order valence-electron chi connectivity index (χ4n) is 3.69. The molecule has 0 amide bonds. The highest BCUT2D eigenvalue weighted by Crippen LogP contribution is 2.26. The maximum atomic E-state index is 13.2. The molecule has 4 rings (SSSR count). The number of hydrogen-bond acceptors (Lipinski definition) is 4. The van der Waals surface area contributed by atoms with E-state index >= 15 is 0 Å². The van der Waals surface area contributed by atoms with Crippen molar-refractivity contribution in [3.05, 3.63) is 83.9 Å². The molecule has 0 bridgehead atoms. The van der Waals surface area contributed by atoms with Crippen LogP contribution >= 0.6 is 0 Å². The average Bonchev–Trinajstić information content (AvgIpc) is 2.78. The molecule has 1 heterocycles. The van der Waals surface area contributed by atoms with Gasteiger partial charge < -0.3 is 9.47 Å². The van der Waals surface area contributed by atoms with Gasteiger partial charge in [0.2, 0.25) is 11.0 Å². The Morgan fingerprint density at radius 1 is 0.900 bits per heavy atom. The number of aromatic nitrogens is 1. The molecular formula is C25H23N2O3+. The summed E-state index contributed by atoms with van der Waals surface area (Å²) in [6.07, 6.45) is 1.24. The molecule has 0 spiro atoms. The third kappa shape index (κ3) is 3.74. The van der Waals surface area contributed by atoms with Crippen LogP contribution in [0.25, 0.3) is 21.8 Å². The summed E-state index contributed by atoms with van der Waals surface area (Å²) in [5.74, 6) is 0.366. The number of para-hydroxylation sites is 2. The van der Waals surface area contributed by atoms with Gasteiger partial charge in [0.1, 0.15) is 12.8 Å². The summed E-state index contributed by atoms with van der Waals surface area (Å²) in [7, 11) is 3.50. The third-order valence-corrected chi connectivity index (χ3v) is 5.29. The molecule has 0 atom stereocenters. The molecule has 0 fully saturated rings. The molecule has 5 heteroatoms. The van der Waals surface area contributed by atoms with Crippen molar-refractivity contribution >= 4 is 33.7 Å². The first kappa shape index (κ1) is 19.6. The summed E-state index contributed by atoms with van der Waals surface area (Å²) in [6.45, 7) is 0. The molecule has 3 aromatic carbocycles. The van der Waals surface area contributed by atoms with Crippen LogP contribution in [0.1, 0.15) is 22.3 Å². The smallest absolute Gasteiger partial charge is 0.345 e. The van der Waals surface area contributed by atoms with Crippen LogP contribution in [0.5, 0.6) is 5.75 Å². The molecule has 1 aromatic heterocycles. The molecule has 5 nitrogen and oxygen atoms in total. The van der Waals surface area contributed by atoms with E-state index in [1.54, 1.807) is 12.1 Å². The van der Waals surface area contributed by atoms with Crippen molar-refractivity contribution in [1.82, 2.24) is 0 Å². The minimum absolute atomic E-state index is 0.251. The van der Waals surface area contributed by atoms with Crippen LogP contribution in [0.4, 0.5) is 0 Å². The van der Waals surface area contributed by atoms with Gasteiger partial charge in [-0.3, -0.25) is 5.41 Å². The van der Waals surface area contributed by atoms with E-state index in [2.05, 4.69) is 4.57 Å². The monoisotopic (exact) mass is 399 g/mol. The maximum absolute atomic E-state index is 13.2. The van der Waals surface area contributed by atoms with E-state index in [-0.39, 0.29) is 11.9 Å². The Morgan fingerprint density at radius 2 is 1.47 bits per heavy atom. The summed E-state index contributed by atoms with van der Waals surface area (Å²) < 4.78 is 12.7. The number of rotatable bonds is 5. The number of aryl methyl sites for hydroxylation is 2. The fourth-order valence-corrected chi connectivity index (χ4v) is 3.69. The van der Waals surface area contributed by atoms with Gasteiger partial charge in [0, 0.05) is 18.6 Å². The van der Waals surface area contributed by atoms with Crippen molar-refractivity contribution in [2.45, 2.75) is 12.8 Å². The maximum Gasteiger partial charge on any atom is 0.345 e. The van der Waals surface area contributed by atoms with Crippen molar-refractivity contribution in [3.63, 3.8) is 0 Å². The second kappa shape index (κ2) is 8.33. The van der Waals surface area contributed by atoms with Crippen LogP contribution in [0.3, 0.4) is 0 Å². The van der Waals surface area contributed by atoms with Crippen molar-refractivity contribution in [1.29, 1.82) is 5.41 Å². The lowest BCUT2D eigenvalue weighted by Crippen LogP contribution is -2.31. The number of hydrogen-bond donors (Lipinski definition) is 1. The number of esters is 1. The predicted molar refractivity (Wildman–Crippen MR) is 117 cm³/mol. The van der Waals surface area contributed by atoms with Crippen LogP contribution in [0, 0.1) is 5.41 Å². The number of ether oxygens (including phenoxy) is 2. The fraction of sp³-hybridized carbons (Fsp3) is 0.160. The van der Waals surface area contributed by atoms with Crippen LogP contribution < -0.4 is 9.30 Å². The first-order chi connectivity index (χ1) is 14.6. The number of fused-ring (bicyclic) bond motifs is 2. The molecule has 0 saturated carbocycles. The highest BCUT2D eigenvalue weighted by atomic mass is 16.5. The van der Waals surface area contributed by atoms with Crippen LogP contribution in [0.15, 0.2) is 72.8 Å². The van der Waals surface area contributed by atoms with E-state index < -0.39 is 0 Å². The topological polar surface area (TPSA) is 63.3 Å². The van der Waals surface area contributed by atoms with Gasteiger partial charge in [-0.15, -0.1) is 0 Å². The molecule has 150 valence electrons. The van der Waals surface area contributed by atoms with Gasteiger partial charge in [0.15, 0.2) is 5.90 Å². The lowest BCUT2D eigenvalue weighted by Gasteiger charge is -2.10. The number of nitrogens with zero attached hydrogens (tertiary/aromatic N) is 1. The van der Waals surface area contributed by atoms with Crippen LogP contribution in [-0.2, 0) is 18.2 Å². The minimum atomic E-state index is -0.378. The van der Waals surface area contributed by atoms with Crippen LogP contribution in [-0.4, -0.2) is 19.0 Å². The van der Waals surface area contributed by atoms with E-state index in [1.165, 1.54) is 7.11 Å². The van der Waals surface area contributed by atoms with E-state index in [0.717, 1.165) is 27.4 Å². The molecule has 1 N–H and O–H groups in total. The Hall–Kier alpha value is -3.73. The molecular weight excluding hydrogens is 376 g/mol. The Labute approximate surface area is 175 Å². The number of nitrogens with one attached hydrogen (secondary N) is 1. The summed E-state index contributed by atoms with van der Waals surface area (Å²) >= 11 is 0. The first-order valence-electron chi connectivity index (χ1n) is 9.80. The standard InChI is InChI=1S/C25H23N2O3/c1-27-21-9-5-3-7-19(21)24(20-8-4-6-10-22(20)27)25(28)30-18-14-11-17(12-15-18)13-16-23(26)29-2/h3-12,14-15,26H,13,16H2,1-2H3/q+1. The highest BCUT2D eigenvalue weighted by Gasteiger charge is 2.23. The Bertz CT molecular complexity index is 1190. The van der Waals surface area contributed by atoms with E-state index in [9.17, 15) is 4.79 Å². The van der Waals surface area contributed by atoms with Gasteiger partial charge in [-0.05, 0) is 36.2 Å². The summed E-state index contributed by atoms with van der Waals surface area (Å²) in [6, 6.07) is 23.1.